The van der Waals surface area contributed by atoms with E-state index in [1.54, 1.807) is 30.5 Å². The van der Waals surface area contributed by atoms with Gasteiger partial charge in [-0.15, -0.1) is 0 Å². The number of carbonyl (C=O) groups is 2. The summed E-state index contributed by atoms with van der Waals surface area (Å²) in [4.78, 5) is 36.9. The Labute approximate surface area is 172 Å². The number of benzene rings is 2. The van der Waals surface area contributed by atoms with Crippen molar-refractivity contribution >= 4 is 40.0 Å². The van der Waals surface area contributed by atoms with Gasteiger partial charge in [0, 0.05) is 23.3 Å². The zero-order chi connectivity index (χ0) is 20.9. The summed E-state index contributed by atoms with van der Waals surface area (Å²) in [5, 5.41) is 6.89. The number of anilines is 3. The van der Waals surface area contributed by atoms with Crippen LogP contribution in [0.25, 0.3) is 10.9 Å². The number of esters is 1. The van der Waals surface area contributed by atoms with Crippen LogP contribution in [-0.4, -0.2) is 33.9 Å². The third-order valence-electron chi connectivity index (χ3n) is 4.34. The lowest BCUT2D eigenvalue weighted by molar-refractivity contribution is 0.0600. The van der Waals surface area contributed by atoms with Crippen LogP contribution in [0.2, 0.25) is 0 Å². The fraction of sp³-hybridized carbons (Fsp3) is 0.0455. The summed E-state index contributed by atoms with van der Waals surface area (Å²) in [6, 6.07) is 17.6. The Hall–Kier alpha value is -4.33. The number of rotatable bonds is 5. The van der Waals surface area contributed by atoms with E-state index in [9.17, 15) is 9.59 Å². The molecule has 30 heavy (non-hydrogen) atoms. The van der Waals surface area contributed by atoms with E-state index in [1.165, 1.54) is 19.5 Å². The Morgan fingerprint density at radius 3 is 2.63 bits per heavy atom. The van der Waals surface area contributed by atoms with E-state index in [-0.39, 0.29) is 5.69 Å². The number of hydrogen-bond acceptors (Lipinski definition) is 7. The molecule has 4 aromatic rings. The molecule has 8 nitrogen and oxygen atoms in total. The van der Waals surface area contributed by atoms with Crippen molar-refractivity contribution in [3.05, 3.63) is 84.4 Å². The average Bonchev–Trinajstić information content (AvgIpc) is 2.79. The van der Waals surface area contributed by atoms with Crippen LogP contribution in [-0.2, 0) is 4.74 Å². The summed E-state index contributed by atoms with van der Waals surface area (Å²) in [6.07, 6.45) is 3.02. The van der Waals surface area contributed by atoms with Crippen molar-refractivity contribution in [2.24, 2.45) is 0 Å². The Bertz CT molecular complexity index is 1240. The van der Waals surface area contributed by atoms with Gasteiger partial charge >= 0.3 is 5.97 Å². The van der Waals surface area contributed by atoms with E-state index in [0.717, 1.165) is 16.6 Å². The lowest BCUT2D eigenvalue weighted by Crippen LogP contribution is -2.15. The Morgan fingerprint density at radius 2 is 1.77 bits per heavy atom. The number of aromatic nitrogens is 3. The zero-order valence-corrected chi connectivity index (χ0v) is 16.0. The van der Waals surface area contributed by atoms with Crippen molar-refractivity contribution in [3.63, 3.8) is 0 Å². The molecule has 0 unspecified atom stereocenters. The summed E-state index contributed by atoms with van der Waals surface area (Å²) in [5.41, 5.74) is 2.52. The molecule has 2 aromatic heterocycles. The second-order valence-electron chi connectivity index (χ2n) is 6.32. The molecule has 0 atom stereocenters. The maximum absolute atomic E-state index is 12.6. The average molecular weight is 399 g/mol. The number of nitrogens with zero attached hydrogens (tertiary/aromatic N) is 3. The fourth-order valence-electron chi connectivity index (χ4n) is 2.93. The molecule has 0 saturated heterocycles. The molecule has 0 bridgehead atoms. The van der Waals surface area contributed by atoms with Crippen molar-refractivity contribution in [1.82, 2.24) is 15.0 Å². The van der Waals surface area contributed by atoms with Gasteiger partial charge in [-0.25, -0.2) is 14.8 Å². The molecule has 0 aliphatic rings. The lowest BCUT2D eigenvalue weighted by Gasteiger charge is -2.10. The van der Waals surface area contributed by atoms with Crippen molar-refractivity contribution < 1.29 is 14.3 Å². The van der Waals surface area contributed by atoms with E-state index < -0.39 is 11.9 Å². The predicted octanol–water partition coefficient (Wildman–Crippen LogP) is 3.81. The van der Waals surface area contributed by atoms with Crippen molar-refractivity contribution in [3.8, 4) is 0 Å². The quantitative estimate of drug-likeness (QED) is 0.492. The minimum absolute atomic E-state index is 0.171. The Balaban J connectivity index is 1.54. The molecular formula is C22H17N5O3. The van der Waals surface area contributed by atoms with Gasteiger partial charge in [0.15, 0.2) is 0 Å². The molecule has 4 rings (SSSR count). The highest BCUT2D eigenvalue weighted by Gasteiger charge is 2.12. The molecule has 0 aliphatic carbocycles. The monoisotopic (exact) mass is 399 g/mol. The lowest BCUT2D eigenvalue weighted by atomic mass is 10.2. The van der Waals surface area contributed by atoms with Gasteiger partial charge in [-0.1, -0.05) is 24.3 Å². The van der Waals surface area contributed by atoms with E-state index in [2.05, 4.69) is 25.6 Å². The number of fused-ring (bicyclic) bond motifs is 1. The van der Waals surface area contributed by atoms with E-state index in [0.29, 0.717) is 17.1 Å². The first kappa shape index (κ1) is 19.0. The van der Waals surface area contributed by atoms with Crippen LogP contribution in [0.3, 0.4) is 0 Å². The maximum Gasteiger partial charge on any atom is 0.337 e. The molecule has 0 radical (unpaired) electrons. The van der Waals surface area contributed by atoms with Crippen LogP contribution in [0, 0.1) is 0 Å². The van der Waals surface area contributed by atoms with Gasteiger partial charge in [-0.3, -0.25) is 9.78 Å². The van der Waals surface area contributed by atoms with Crippen LogP contribution >= 0.6 is 0 Å². The van der Waals surface area contributed by atoms with Crippen molar-refractivity contribution in [2.45, 2.75) is 0 Å². The summed E-state index contributed by atoms with van der Waals surface area (Å²) < 4.78 is 4.70. The van der Waals surface area contributed by atoms with Crippen LogP contribution in [0.15, 0.2) is 73.2 Å². The fourth-order valence-corrected chi connectivity index (χ4v) is 2.93. The normalized spacial score (nSPS) is 10.4. The minimum atomic E-state index is -0.483. The zero-order valence-electron chi connectivity index (χ0n) is 16.0. The van der Waals surface area contributed by atoms with Gasteiger partial charge in [-0.2, -0.15) is 0 Å². The minimum Gasteiger partial charge on any atom is -0.465 e. The smallest absolute Gasteiger partial charge is 0.337 e. The van der Waals surface area contributed by atoms with Gasteiger partial charge in [-0.05, 0) is 30.3 Å². The molecule has 8 heteroatoms. The molecule has 0 fully saturated rings. The molecule has 1 amide bonds. The van der Waals surface area contributed by atoms with Crippen molar-refractivity contribution in [2.75, 3.05) is 17.7 Å². The molecule has 0 aliphatic heterocycles. The molecule has 2 aromatic carbocycles. The number of hydrogen-bond donors (Lipinski definition) is 2. The third-order valence-corrected chi connectivity index (χ3v) is 4.34. The summed E-state index contributed by atoms with van der Waals surface area (Å²) in [7, 11) is 1.30. The van der Waals surface area contributed by atoms with E-state index in [1.807, 2.05) is 30.3 Å². The first-order valence-corrected chi connectivity index (χ1v) is 9.06. The SMILES string of the molecule is COC(=O)c1cccc(NC(=O)c2cc(Nc3cccc4cccnc34)ncn2)c1. The van der Waals surface area contributed by atoms with Crippen LogP contribution in [0.5, 0.6) is 0 Å². The number of amides is 1. The van der Waals surface area contributed by atoms with Gasteiger partial charge in [0.2, 0.25) is 0 Å². The molecular weight excluding hydrogens is 382 g/mol. The number of carbonyl (C=O) groups excluding carboxylic acids is 2. The summed E-state index contributed by atoms with van der Waals surface area (Å²) in [6.45, 7) is 0. The molecule has 0 saturated carbocycles. The van der Waals surface area contributed by atoms with Gasteiger partial charge in [0.05, 0.1) is 23.9 Å². The maximum atomic E-state index is 12.6. The van der Waals surface area contributed by atoms with Gasteiger partial charge in [0.25, 0.3) is 5.91 Å². The van der Waals surface area contributed by atoms with Crippen LogP contribution < -0.4 is 10.6 Å². The Kier molecular flexibility index (Phi) is 5.29. The largest absolute Gasteiger partial charge is 0.465 e. The van der Waals surface area contributed by atoms with E-state index in [4.69, 9.17) is 4.74 Å². The third kappa shape index (κ3) is 4.07. The highest BCUT2D eigenvalue weighted by atomic mass is 16.5. The van der Waals surface area contributed by atoms with Gasteiger partial charge in [0.1, 0.15) is 17.8 Å². The molecule has 2 N–H and O–H groups in total. The number of ether oxygens (including phenoxy) is 1. The molecule has 0 spiro atoms. The number of pyridine rings is 1. The standard InChI is InChI=1S/C22H17N5O3/c1-30-22(29)15-6-2-8-16(11-15)26-21(28)18-12-19(25-13-24-18)27-17-9-3-5-14-7-4-10-23-20(14)17/h2-13H,1H3,(H,26,28)(H,24,25,27). The molecule has 148 valence electrons. The van der Waals surface area contributed by atoms with Crippen LogP contribution in [0.4, 0.5) is 17.2 Å². The first-order valence-electron chi connectivity index (χ1n) is 9.06. The first-order chi connectivity index (χ1) is 14.6. The van der Waals surface area contributed by atoms with E-state index >= 15 is 0 Å². The van der Waals surface area contributed by atoms with Gasteiger partial charge < -0.3 is 15.4 Å². The summed E-state index contributed by atoms with van der Waals surface area (Å²) >= 11 is 0. The highest BCUT2D eigenvalue weighted by Crippen LogP contribution is 2.23. The highest BCUT2D eigenvalue weighted by molar-refractivity contribution is 6.04. The second kappa shape index (κ2) is 8.36. The topological polar surface area (TPSA) is 106 Å². The summed E-state index contributed by atoms with van der Waals surface area (Å²) in [5.74, 6) is -0.460. The number of methoxy groups -OCH3 is 1. The molecule has 2 heterocycles. The second-order valence-corrected chi connectivity index (χ2v) is 6.32. The Morgan fingerprint density at radius 1 is 0.933 bits per heavy atom. The number of para-hydroxylation sites is 1. The van der Waals surface area contributed by atoms with Crippen molar-refractivity contribution in [1.29, 1.82) is 0 Å². The predicted molar refractivity (Wildman–Crippen MR) is 113 cm³/mol. The van der Waals surface area contributed by atoms with Crippen LogP contribution in [0.1, 0.15) is 20.8 Å². The number of nitrogens with one attached hydrogen (secondary N) is 2.